The van der Waals surface area contributed by atoms with Crippen molar-refractivity contribution in [1.82, 2.24) is 4.90 Å². The number of allylic oxidation sites excluding steroid dienone is 1. The highest BCUT2D eigenvalue weighted by Gasteiger charge is 2.76. The molecule has 3 saturated heterocycles. The molecule has 1 aromatic rings. The van der Waals surface area contributed by atoms with Gasteiger partial charge in [-0.2, -0.15) is 0 Å². The molecular formula is C32H43BrN2O6S. The number of anilines is 1. The molecule has 3 unspecified atom stereocenters. The number of aliphatic hydroxyl groups is 1. The highest BCUT2D eigenvalue weighted by atomic mass is 79.9. The molecule has 230 valence electrons. The summed E-state index contributed by atoms with van der Waals surface area (Å²) in [4.78, 5) is 45.9. The maximum atomic E-state index is 14.6. The second kappa shape index (κ2) is 14.9. The maximum absolute atomic E-state index is 14.6. The number of aliphatic hydroxyl groups excluding tert-OH is 1. The Labute approximate surface area is 262 Å². The van der Waals surface area contributed by atoms with Gasteiger partial charge in [0, 0.05) is 35.5 Å². The van der Waals surface area contributed by atoms with Crippen LogP contribution in [0.4, 0.5) is 5.69 Å². The Morgan fingerprint density at radius 3 is 2.55 bits per heavy atom. The van der Waals surface area contributed by atoms with Gasteiger partial charge in [0.05, 0.1) is 30.3 Å². The minimum atomic E-state index is -0.740. The van der Waals surface area contributed by atoms with E-state index in [1.165, 1.54) is 0 Å². The summed E-state index contributed by atoms with van der Waals surface area (Å²) in [6.45, 7) is 8.77. The second-order valence-corrected chi connectivity index (χ2v) is 13.9. The molecule has 10 heteroatoms. The lowest BCUT2D eigenvalue weighted by molar-refractivity contribution is -0.154. The van der Waals surface area contributed by atoms with Crippen LogP contribution >= 0.6 is 27.7 Å². The molecule has 3 aliphatic heterocycles. The summed E-state index contributed by atoms with van der Waals surface area (Å²) in [7, 11) is 1.59. The average molecular weight is 664 g/mol. The topological polar surface area (TPSA) is 96.4 Å². The van der Waals surface area contributed by atoms with Crippen molar-refractivity contribution in [3.8, 4) is 5.75 Å². The molecule has 3 fully saturated rings. The number of ether oxygens (including phenoxy) is 2. The van der Waals surface area contributed by atoms with E-state index >= 15 is 0 Å². The van der Waals surface area contributed by atoms with Gasteiger partial charge in [-0.3, -0.25) is 14.4 Å². The summed E-state index contributed by atoms with van der Waals surface area (Å²) < 4.78 is 10.3. The Hall–Kier alpha value is -2.30. The first kappa shape index (κ1) is 32.6. The van der Waals surface area contributed by atoms with Crippen LogP contribution in [0, 0.1) is 11.8 Å². The molecule has 2 bridgehead atoms. The first-order chi connectivity index (χ1) is 20.3. The van der Waals surface area contributed by atoms with E-state index in [9.17, 15) is 19.5 Å². The van der Waals surface area contributed by atoms with Crippen molar-refractivity contribution in [2.45, 2.75) is 72.2 Å². The Balaban J connectivity index is 1.65. The van der Waals surface area contributed by atoms with Crippen molar-refractivity contribution in [2.24, 2.45) is 11.8 Å². The predicted octanol–water partition coefficient (Wildman–Crippen LogP) is 5.13. The first-order valence-electron chi connectivity index (χ1n) is 14.9. The summed E-state index contributed by atoms with van der Waals surface area (Å²) in [5.74, 6) is -1.19. The molecule has 0 aliphatic carbocycles. The number of hydrogen-bond donors (Lipinski definition) is 1. The van der Waals surface area contributed by atoms with Gasteiger partial charge in [0.15, 0.2) is 0 Å². The van der Waals surface area contributed by atoms with Gasteiger partial charge in [-0.05, 0) is 62.8 Å². The van der Waals surface area contributed by atoms with Gasteiger partial charge in [0.2, 0.25) is 5.91 Å². The average Bonchev–Trinajstić information content (AvgIpc) is 3.58. The molecule has 2 amide bonds. The highest BCUT2D eigenvalue weighted by Crippen LogP contribution is 2.68. The number of halogens is 1. The number of esters is 1. The molecule has 3 heterocycles. The number of unbranched alkanes of at least 4 members (excludes halogenated alkanes) is 5. The molecule has 1 spiro atoms. The highest BCUT2D eigenvalue weighted by molar-refractivity contribution is 9.09. The van der Waals surface area contributed by atoms with Gasteiger partial charge in [-0.1, -0.05) is 40.9 Å². The van der Waals surface area contributed by atoms with Crippen LogP contribution in [0.2, 0.25) is 0 Å². The van der Waals surface area contributed by atoms with E-state index in [-0.39, 0.29) is 41.0 Å². The summed E-state index contributed by atoms with van der Waals surface area (Å²) in [5, 5.41) is 9.05. The molecule has 42 heavy (non-hydrogen) atoms. The minimum absolute atomic E-state index is 0.0153. The monoisotopic (exact) mass is 662 g/mol. The fraction of sp³-hybridized carbons (Fsp3) is 0.594. The number of rotatable bonds is 17. The van der Waals surface area contributed by atoms with Crippen molar-refractivity contribution in [2.75, 3.05) is 38.3 Å². The molecule has 1 aromatic carbocycles. The molecule has 0 saturated carbocycles. The third-order valence-electron chi connectivity index (χ3n) is 8.61. The van der Waals surface area contributed by atoms with E-state index in [2.05, 4.69) is 29.1 Å². The van der Waals surface area contributed by atoms with Crippen LogP contribution in [0.1, 0.15) is 51.4 Å². The number of fused-ring (bicyclic) bond motifs is 1. The number of alkyl halides is 1. The van der Waals surface area contributed by atoms with Gasteiger partial charge in [-0.15, -0.1) is 24.9 Å². The van der Waals surface area contributed by atoms with E-state index in [1.807, 2.05) is 30.3 Å². The maximum Gasteiger partial charge on any atom is 0.310 e. The van der Waals surface area contributed by atoms with Gasteiger partial charge < -0.3 is 24.4 Å². The smallest absolute Gasteiger partial charge is 0.310 e. The molecule has 3 aliphatic rings. The number of methoxy groups -OCH3 is 1. The summed E-state index contributed by atoms with van der Waals surface area (Å²) in [6.07, 6.45) is 9.74. The lowest BCUT2D eigenvalue weighted by Crippen LogP contribution is -2.55. The number of carbonyl (C=O) groups excluding carboxylic acids is 3. The van der Waals surface area contributed by atoms with Crippen LogP contribution in [0.25, 0.3) is 0 Å². The van der Waals surface area contributed by atoms with Gasteiger partial charge in [-0.25, -0.2) is 0 Å². The SMILES string of the molecule is C=CCCCCOC(=O)[C@H]1[C@H]2C(=O)N(CCCCCCO)C(C(=O)N(CC=C)c3ccc(OC)cc3)C23CC(Br)[C@@H]1S3. The quantitative estimate of drug-likeness (QED) is 0.107. The lowest BCUT2D eigenvalue weighted by atomic mass is 9.71. The van der Waals surface area contributed by atoms with Gasteiger partial charge in [0.1, 0.15) is 11.8 Å². The third-order valence-corrected chi connectivity index (χ3v) is 11.8. The number of carbonyl (C=O) groups is 3. The number of benzene rings is 1. The Bertz CT molecular complexity index is 1130. The molecule has 0 aromatic heterocycles. The molecule has 6 atom stereocenters. The number of thioether (sulfide) groups is 1. The molecule has 1 N–H and O–H groups in total. The minimum Gasteiger partial charge on any atom is -0.497 e. The normalized spacial score (nSPS) is 27.5. The Morgan fingerprint density at radius 2 is 1.88 bits per heavy atom. The van der Waals surface area contributed by atoms with Crippen LogP contribution in [-0.2, 0) is 19.1 Å². The van der Waals surface area contributed by atoms with Crippen molar-refractivity contribution < 1.29 is 29.0 Å². The summed E-state index contributed by atoms with van der Waals surface area (Å²) >= 11 is 5.44. The van der Waals surface area contributed by atoms with Crippen LogP contribution in [0.5, 0.6) is 5.75 Å². The van der Waals surface area contributed by atoms with Crippen LogP contribution in [0.15, 0.2) is 49.6 Å². The third kappa shape index (κ3) is 6.45. The van der Waals surface area contributed by atoms with Gasteiger partial charge >= 0.3 is 5.97 Å². The molecule has 8 nitrogen and oxygen atoms in total. The van der Waals surface area contributed by atoms with E-state index in [1.54, 1.807) is 34.7 Å². The van der Waals surface area contributed by atoms with Crippen molar-refractivity contribution in [3.05, 3.63) is 49.6 Å². The van der Waals surface area contributed by atoms with Crippen molar-refractivity contribution in [1.29, 1.82) is 0 Å². The number of hydrogen-bond acceptors (Lipinski definition) is 7. The molecule has 0 radical (unpaired) electrons. The second-order valence-electron chi connectivity index (χ2n) is 11.2. The fourth-order valence-corrected chi connectivity index (χ4v) is 10.3. The Kier molecular flexibility index (Phi) is 11.6. The van der Waals surface area contributed by atoms with E-state index in [4.69, 9.17) is 9.47 Å². The van der Waals surface area contributed by atoms with Crippen LogP contribution < -0.4 is 9.64 Å². The number of nitrogens with zero attached hydrogens (tertiary/aromatic N) is 2. The fourth-order valence-electron chi connectivity index (χ4n) is 6.69. The zero-order valence-electron chi connectivity index (χ0n) is 24.4. The van der Waals surface area contributed by atoms with Crippen molar-refractivity contribution in [3.63, 3.8) is 0 Å². The van der Waals surface area contributed by atoms with E-state index in [0.717, 1.165) is 32.1 Å². The standard InChI is InChI=1S/C32H43BrN2O6S/c1-4-6-7-12-20-41-31(39)25-26-29(37)35(18-10-8-9-11-19-36)28(32(26)21-24(33)27(25)42-32)30(38)34(17-5-2)22-13-15-23(40-3)16-14-22/h4-5,13-16,24-28,36H,1-2,6-12,17-21H2,3H3/t24?,25-,26-,27-,28?,32?/m0/s1. The predicted molar refractivity (Wildman–Crippen MR) is 170 cm³/mol. The Morgan fingerprint density at radius 1 is 1.14 bits per heavy atom. The van der Waals surface area contributed by atoms with E-state index in [0.29, 0.717) is 43.9 Å². The van der Waals surface area contributed by atoms with Crippen LogP contribution in [0.3, 0.4) is 0 Å². The molecular weight excluding hydrogens is 620 g/mol. The van der Waals surface area contributed by atoms with Gasteiger partial charge in [0.25, 0.3) is 5.91 Å². The lowest BCUT2D eigenvalue weighted by Gasteiger charge is -2.38. The van der Waals surface area contributed by atoms with Crippen molar-refractivity contribution >= 4 is 51.2 Å². The van der Waals surface area contributed by atoms with E-state index < -0.39 is 22.6 Å². The summed E-state index contributed by atoms with van der Waals surface area (Å²) in [6, 6.07) is 6.57. The first-order valence-corrected chi connectivity index (χ1v) is 16.7. The number of amides is 2. The zero-order chi connectivity index (χ0) is 30.3. The zero-order valence-corrected chi connectivity index (χ0v) is 26.8. The number of likely N-dealkylation sites (tertiary alicyclic amines) is 1. The largest absolute Gasteiger partial charge is 0.497 e. The summed E-state index contributed by atoms with van der Waals surface area (Å²) in [5.41, 5.74) is 0.694. The molecule has 4 rings (SSSR count). The van der Waals surface area contributed by atoms with Crippen LogP contribution in [-0.4, -0.2) is 82.1 Å².